The van der Waals surface area contributed by atoms with Crippen LogP contribution in [-0.2, 0) is 4.79 Å². The van der Waals surface area contributed by atoms with Crippen LogP contribution in [0, 0.1) is 6.92 Å². The zero-order valence-electron chi connectivity index (χ0n) is 14.1. The monoisotopic (exact) mass is 360 g/mol. The molecule has 4 aromatic rings. The Morgan fingerprint density at radius 2 is 1.92 bits per heavy atom. The summed E-state index contributed by atoms with van der Waals surface area (Å²) in [5.41, 5.74) is 4.34. The average molecular weight is 360 g/mol. The molecule has 1 unspecified atom stereocenters. The van der Waals surface area contributed by atoms with Crippen molar-refractivity contribution in [1.82, 2.24) is 14.8 Å². The molecule has 1 amide bonds. The molecule has 0 bridgehead atoms. The molecule has 0 radical (unpaired) electrons. The summed E-state index contributed by atoms with van der Waals surface area (Å²) in [5.74, 6) is 0.755. The first-order valence-corrected chi connectivity index (χ1v) is 9.31. The molecule has 3 heterocycles. The number of hydrogen-bond donors (Lipinski definition) is 1. The van der Waals surface area contributed by atoms with Crippen molar-refractivity contribution in [2.45, 2.75) is 19.3 Å². The summed E-state index contributed by atoms with van der Waals surface area (Å²) in [6, 6.07) is 16.2. The van der Waals surface area contributed by atoms with E-state index >= 15 is 0 Å². The molecule has 0 spiro atoms. The lowest BCUT2D eigenvalue weighted by Crippen LogP contribution is -2.24. The Labute approximate surface area is 154 Å². The highest BCUT2D eigenvalue weighted by Gasteiger charge is 2.31. The van der Waals surface area contributed by atoms with E-state index in [2.05, 4.69) is 34.5 Å². The molecule has 1 aliphatic rings. The smallest absolute Gasteiger partial charge is 0.226 e. The van der Waals surface area contributed by atoms with Gasteiger partial charge in [0.2, 0.25) is 11.0 Å². The Kier molecular flexibility index (Phi) is 3.39. The van der Waals surface area contributed by atoms with Crippen molar-refractivity contribution < 1.29 is 4.79 Å². The van der Waals surface area contributed by atoms with Crippen LogP contribution in [0.25, 0.3) is 15.3 Å². The quantitative estimate of drug-likeness (QED) is 0.581. The van der Waals surface area contributed by atoms with Crippen LogP contribution in [0.4, 0.5) is 5.82 Å². The fourth-order valence-electron chi connectivity index (χ4n) is 3.57. The first kappa shape index (κ1) is 15.3. The SMILES string of the molecule is Cc1ccccc1C1CC(=O)Nc2c1cnn2-c1nc2ccccc2s1. The standard InChI is InChI=1S/C20H16N4OS/c1-12-6-2-3-7-13(12)14-10-18(25)23-19-15(14)11-21-24(19)20-22-16-8-4-5-9-17(16)26-20/h2-9,11,14H,10H2,1H3,(H,23,25). The molecule has 1 atom stereocenters. The fourth-order valence-corrected chi connectivity index (χ4v) is 4.50. The van der Waals surface area contributed by atoms with Crippen molar-refractivity contribution in [3.63, 3.8) is 0 Å². The Hall–Kier alpha value is -2.99. The second kappa shape index (κ2) is 5.78. The zero-order chi connectivity index (χ0) is 17.7. The highest BCUT2D eigenvalue weighted by atomic mass is 32.1. The molecule has 1 aliphatic heterocycles. The third-order valence-electron chi connectivity index (χ3n) is 4.85. The second-order valence-electron chi connectivity index (χ2n) is 6.49. The van der Waals surface area contributed by atoms with E-state index in [1.165, 1.54) is 11.1 Å². The van der Waals surface area contributed by atoms with Gasteiger partial charge >= 0.3 is 0 Å². The Bertz CT molecular complexity index is 1110. The van der Waals surface area contributed by atoms with Crippen LogP contribution >= 0.6 is 11.3 Å². The number of nitrogens with zero attached hydrogens (tertiary/aromatic N) is 3. The van der Waals surface area contributed by atoms with E-state index in [0.29, 0.717) is 6.42 Å². The maximum atomic E-state index is 12.4. The summed E-state index contributed by atoms with van der Waals surface area (Å²) < 4.78 is 2.85. The topological polar surface area (TPSA) is 59.8 Å². The first-order chi connectivity index (χ1) is 12.7. The van der Waals surface area contributed by atoms with Crippen molar-refractivity contribution in [1.29, 1.82) is 0 Å². The molecule has 1 N–H and O–H groups in total. The van der Waals surface area contributed by atoms with Crippen LogP contribution in [-0.4, -0.2) is 20.7 Å². The molecular formula is C20H16N4OS. The van der Waals surface area contributed by atoms with Gasteiger partial charge in [0.05, 0.1) is 16.4 Å². The van der Waals surface area contributed by atoms with Crippen molar-refractivity contribution in [2.24, 2.45) is 0 Å². The van der Waals surface area contributed by atoms with Crippen LogP contribution < -0.4 is 5.32 Å². The van der Waals surface area contributed by atoms with E-state index in [-0.39, 0.29) is 11.8 Å². The third-order valence-corrected chi connectivity index (χ3v) is 5.86. The minimum absolute atomic E-state index is 0.00798. The maximum Gasteiger partial charge on any atom is 0.226 e. The Balaban J connectivity index is 1.66. The number of aryl methyl sites for hydroxylation is 1. The summed E-state index contributed by atoms with van der Waals surface area (Å²) in [6.07, 6.45) is 2.29. The van der Waals surface area contributed by atoms with Gasteiger partial charge in [-0.25, -0.2) is 4.98 Å². The van der Waals surface area contributed by atoms with Gasteiger partial charge in [-0.3, -0.25) is 4.79 Å². The number of fused-ring (bicyclic) bond motifs is 2. The largest absolute Gasteiger partial charge is 0.310 e. The van der Waals surface area contributed by atoms with Gasteiger partial charge in [-0.1, -0.05) is 47.7 Å². The molecule has 2 aromatic carbocycles. The molecule has 0 aliphatic carbocycles. The minimum atomic E-state index is 0.00798. The normalized spacial score (nSPS) is 16.5. The van der Waals surface area contributed by atoms with Crippen molar-refractivity contribution in [3.05, 3.63) is 71.4 Å². The number of aromatic nitrogens is 3. The predicted octanol–water partition coefficient (Wildman–Crippen LogP) is 4.26. The Morgan fingerprint density at radius 3 is 2.77 bits per heavy atom. The maximum absolute atomic E-state index is 12.4. The lowest BCUT2D eigenvalue weighted by molar-refractivity contribution is -0.116. The van der Waals surface area contributed by atoms with Gasteiger partial charge in [0, 0.05) is 17.9 Å². The van der Waals surface area contributed by atoms with E-state index < -0.39 is 0 Å². The van der Waals surface area contributed by atoms with Crippen LogP contribution in [0.3, 0.4) is 0 Å². The molecule has 0 fully saturated rings. The van der Waals surface area contributed by atoms with E-state index in [1.807, 2.05) is 42.6 Å². The van der Waals surface area contributed by atoms with Crippen molar-refractivity contribution >= 4 is 33.3 Å². The summed E-state index contributed by atoms with van der Waals surface area (Å²) in [4.78, 5) is 17.1. The predicted molar refractivity (Wildman–Crippen MR) is 103 cm³/mol. The summed E-state index contributed by atoms with van der Waals surface area (Å²) in [5, 5.41) is 8.31. The number of anilines is 1. The lowest BCUT2D eigenvalue weighted by atomic mass is 9.85. The van der Waals surface area contributed by atoms with Crippen molar-refractivity contribution in [2.75, 3.05) is 5.32 Å². The van der Waals surface area contributed by atoms with E-state index in [1.54, 1.807) is 16.0 Å². The number of nitrogens with one attached hydrogen (secondary N) is 1. The fraction of sp³-hybridized carbons (Fsp3) is 0.150. The van der Waals surface area contributed by atoms with Crippen LogP contribution in [0.2, 0.25) is 0 Å². The Morgan fingerprint density at radius 1 is 1.12 bits per heavy atom. The van der Waals surface area contributed by atoms with Crippen LogP contribution in [0.5, 0.6) is 0 Å². The van der Waals surface area contributed by atoms with Gasteiger partial charge < -0.3 is 5.32 Å². The summed E-state index contributed by atoms with van der Waals surface area (Å²) in [7, 11) is 0. The number of rotatable bonds is 2. The van der Waals surface area contributed by atoms with Gasteiger partial charge in [0.1, 0.15) is 5.82 Å². The number of thiazole rings is 1. The molecular weight excluding hydrogens is 344 g/mol. The lowest BCUT2D eigenvalue weighted by Gasteiger charge is -2.24. The molecule has 5 rings (SSSR count). The first-order valence-electron chi connectivity index (χ1n) is 8.50. The molecule has 128 valence electrons. The molecule has 0 saturated carbocycles. The summed E-state index contributed by atoms with van der Waals surface area (Å²) >= 11 is 1.57. The molecule has 2 aromatic heterocycles. The van der Waals surface area contributed by atoms with Gasteiger partial charge in [-0.15, -0.1) is 0 Å². The van der Waals surface area contributed by atoms with Crippen LogP contribution in [0.15, 0.2) is 54.7 Å². The summed E-state index contributed by atoms with van der Waals surface area (Å²) in [6.45, 7) is 2.08. The zero-order valence-corrected chi connectivity index (χ0v) is 15.0. The van der Waals surface area contributed by atoms with Crippen molar-refractivity contribution in [3.8, 4) is 5.13 Å². The van der Waals surface area contributed by atoms with E-state index in [0.717, 1.165) is 26.7 Å². The third kappa shape index (κ3) is 2.34. The molecule has 26 heavy (non-hydrogen) atoms. The van der Waals surface area contributed by atoms with Crippen LogP contribution in [0.1, 0.15) is 29.0 Å². The average Bonchev–Trinajstić information content (AvgIpc) is 3.25. The number of hydrogen-bond acceptors (Lipinski definition) is 4. The van der Waals surface area contributed by atoms with E-state index in [9.17, 15) is 4.79 Å². The number of carbonyl (C=O) groups excluding carboxylic acids is 1. The second-order valence-corrected chi connectivity index (χ2v) is 7.50. The number of para-hydroxylation sites is 1. The molecule has 5 nitrogen and oxygen atoms in total. The van der Waals surface area contributed by atoms with Gasteiger partial charge in [0.25, 0.3) is 0 Å². The molecule has 0 saturated heterocycles. The molecule has 6 heteroatoms. The number of benzene rings is 2. The number of carbonyl (C=O) groups is 1. The van der Waals surface area contributed by atoms with E-state index in [4.69, 9.17) is 0 Å². The highest BCUT2D eigenvalue weighted by molar-refractivity contribution is 7.20. The number of amides is 1. The highest BCUT2D eigenvalue weighted by Crippen LogP contribution is 2.39. The minimum Gasteiger partial charge on any atom is -0.310 e. The van der Waals surface area contributed by atoms with Gasteiger partial charge in [0.15, 0.2) is 0 Å². The van der Waals surface area contributed by atoms with Gasteiger partial charge in [-0.05, 0) is 30.2 Å². The van der Waals surface area contributed by atoms with Gasteiger partial charge in [-0.2, -0.15) is 9.78 Å².